The molecule has 0 radical (unpaired) electrons. The van der Waals surface area contributed by atoms with Gasteiger partial charge in [-0.1, -0.05) is 6.07 Å². The van der Waals surface area contributed by atoms with E-state index in [0.29, 0.717) is 0 Å². The summed E-state index contributed by atoms with van der Waals surface area (Å²) < 4.78 is 44.8. The van der Waals surface area contributed by atoms with E-state index in [9.17, 15) is 12.8 Å². The van der Waals surface area contributed by atoms with Crippen LogP contribution in [0, 0.1) is 5.82 Å². The van der Waals surface area contributed by atoms with Crippen molar-refractivity contribution in [2.45, 2.75) is 0 Å². The molecule has 0 spiro atoms. The molecule has 1 rings (SSSR count). The van der Waals surface area contributed by atoms with Gasteiger partial charge in [0.2, 0.25) is 0 Å². The van der Waals surface area contributed by atoms with Crippen LogP contribution in [0.3, 0.4) is 0 Å². The summed E-state index contributed by atoms with van der Waals surface area (Å²) in [5.74, 6) is -0.909. The summed E-state index contributed by atoms with van der Waals surface area (Å²) in [6, 6.07) is 4.43. The fraction of sp³-hybridized carbons (Fsp3) is 0. The summed E-state index contributed by atoms with van der Waals surface area (Å²) >= 11 is 0. The van der Waals surface area contributed by atoms with Crippen LogP contribution >= 0.6 is 0 Å². The van der Waals surface area contributed by atoms with Crippen LogP contribution in [0.25, 0.3) is 0 Å². The van der Waals surface area contributed by atoms with Crippen LogP contribution in [0.4, 0.5) is 4.39 Å². The Hall–Kier alpha value is -1.14. The highest BCUT2D eigenvalue weighted by Crippen LogP contribution is 2.13. The second-order valence-electron chi connectivity index (χ2n) is 1.97. The molecule has 0 amide bonds. The van der Waals surface area contributed by atoms with E-state index in [1.54, 1.807) is 0 Å². The Morgan fingerprint density at radius 3 is 2.58 bits per heavy atom. The average molecular weight is 192 g/mol. The van der Waals surface area contributed by atoms with E-state index in [1.165, 1.54) is 12.1 Å². The maximum absolute atomic E-state index is 12.4. The Labute approximate surface area is 68.5 Å². The molecule has 1 aromatic rings. The lowest BCUT2D eigenvalue weighted by Crippen LogP contribution is -2.06. The van der Waals surface area contributed by atoms with Crippen molar-refractivity contribution in [3.05, 3.63) is 30.1 Å². The Bertz CT molecular complexity index is 373. The minimum Gasteiger partial charge on any atom is -0.362 e. The zero-order valence-electron chi connectivity index (χ0n) is 5.77. The van der Waals surface area contributed by atoms with Crippen LogP contribution in [0.5, 0.6) is 5.75 Å². The largest absolute Gasteiger partial charge is 0.446 e. The first-order chi connectivity index (χ1) is 5.47. The molecule has 0 unspecified atom stereocenters. The van der Waals surface area contributed by atoms with Crippen LogP contribution in [-0.4, -0.2) is 13.0 Å². The van der Waals surface area contributed by atoms with Gasteiger partial charge in [-0.2, -0.15) is 8.42 Å². The lowest BCUT2D eigenvalue weighted by Gasteiger charge is -1.99. The van der Waals surface area contributed by atoms with Gasteiger partial charge in [0.05, 0.1) is 0 Å². The fourth-order valence-corrected chi connectivity index (χ4v) is 0.987. The van der Waals surface area contributed by atoms with Gasteiger partial charge in [0.15, 0.2) is 0 Å². The number of hydrogen-bond acceptors (Lipinski definition) is 3. The molecule has 0 aliphatic carbocycles. The van der Waals surface area contributed by atoms with Gasteiger partial charge in [-0.05, 0) is 12.1 Å². The van der Waals surface area contributed by atoms with Gasteiger partial charge < -0.3 is 4.18 Å². The third kappa shape index (κ3) is 2.85. The third-order valence-electron chi connectivity index (χ3n) is 0.998. The van der Waals surface area contributed by atoms with Gasteiger partial charge in [0, 0.05) is 6.07 Å². The fourth-order valence-electron chi connectivity index (χ4n) is 0.640. The quantitative estimate of drug-likeness (QED) is 0.710. The predicted molar refractivity (Wildman–Crippen MR) is 38.6 cm³/mol. The van der Waals surface area contributed by atoms with Gasteiger partial charge in [-0.25, -0.2) is 4.39 Å². The molecule has 0 bridgehead atoms. The predicted octanol–water partition coefficient (Wildman–Crippen LogP) is 1.01. The molecule has 0 aliphatic rings. The van der Waals surface area contributed by atoms with E-state index >= 15 is 0 Å². The molecule has 0 heterocycles. The molecule has 12 heavy (non-hydrogen) atoms. The normalized spacial score (nSPS) is 11.2. The molecular weight excluding hydrogens is 187 g/mol. The van der Waals surface area contributed by atoms with E-state index in [4.69, 9.17) is 4.55 Å². The summed E-state index contributed by atoms with van der Waals surface area (Å²) in [7, 11) is -4.56. The molecule has 66 valence electrons. The van der Waals surface area contributed by atoms with Crippen molar-refractivity contribution in [2.75, 3.05) is 0 Å². The highest BCUT2D eigenvalue weighted by Gasteiger charge is 2.06. The van der Waals surface area contributed by atoms with Crippen molar-refractivity contribution in [3.63, 3.8) is 0 Å². The van der Waals surface area contributed by atoms with Crippen LogP contribution in [0.2, 0.25) is 0 Å². The first-order valence-corrected chi connectivity index (χ1v) is 4.26. The zero-order chi connectivity index (χ0) is 9.19. The Morgan fingerprint density at radius 2 is 2.08 bits per heavy atom. The zero-order valence-corrected chi connectivity index (χ0v) is 6.58. The van der Waals surface area contributed by atoms with Gasteiger partial charge in [0.25, 0.3) is 0 Å². The monoisotopic (exact) mass is 192 g/mol. The second-order valence-corrected chi connectivity index (χ2v) is 2.99. The summed E-state index contributed by atoms with van der Waals surface area (Å²) in [5, 5.41) is 0. The molecule has 0 fully saturated rings. The molecule has 0 saturated carbocycles. The number of rotatable bonds is 2. The van der Waals surface area contributed by atoms with E-state index in [-0.39, 0.29) is 5.75 Å². The number of benzene rings is 1. The molecule has 0 atom stereocenters. The smallest absolute Gasteiger partial charge is 0.362 e. The Kier molecular flexibility index (Phi) is 2.30. The van der Waals surface area contributed by atoms with E-state index in [0.717, 1.165) is 12.1 Å². The van der Waals surface area contributed by atoms with Crippen molar-refractivity contribution in [1.29, 1.82) is 0 Å². The maximum atomic E-state index is 12.4. The lowest BCUT2D eigenvalue weighted by atomic mass is 10.3. The van der Waals surface area contributed by atoms with Crippen LogP contribution < -0.4 is 4.18 Å². The number of halogens is 1. The van der Waals surface area contributed by atoms with Crippen molar-refractivity contribution < 1.29 is 21.5 Å². The van der Waals surface area contributed by atoms with Crippen molar-refractivity contribution >= 4 is 10.4 Å². The summed E-state index contributed by atoms with van der Waals surface area (Å²) in [4.78, 5) is 0. The second kappa shape index (κ2) is 3.08. The lowest BCUT2D eigenvalue weighted by molar-refractivity contribution is 0.386. The molecule has 6 heteroatoms. The van der Waals surface area contributed by atoms with Crippen molar-refractivity contribution in [2.24, 2.45) is 0 Å². The van der Waals surface area contributed by atoms with Crippen LogP contribution in [0.1, 0.15) is 0 Å². The third-order valence-corrected chi connectivity index (χ3v) is 1.40. The van der Waals surface area contributed by atoms with Crippen LogP contribution in [-0.2, 0) is 10.4 Å². The summed E-state index contributed by atoms with van der Waals surface area (Å²) in [5.41, 5.74) is 0. The highest BCUT2D eigenvalue weighted by atomic mass is 32.3. The van der Waals surface area contributed by atoms with Gasteiger partial charge >= 0.3 is 10.4 Å². The molecule has 0 aliphatic heterocycles. The SMILES string of the molecule is O=S(=O)(O)Oc1cccc(F)c1. The van der Waals surface area contributed by atoms with Crippen LogP contribution in [0.15, 0.2) is 24.3 Å². The minimum atomic E-state index is -4.56. The molecule has 4 nitrogen and oxygen atoms in total. The van der Waals surface area contributed by atoms with Crippen molar-refractivity contribution in [3.8, 4) is 5.75 Å². The van der Waals surface area contributed by atoms with E-state index < -0.39 is 16.2 Å². The van der Waals surface area contributed by atoms with E-state index in [2.05, 4.69) is 4.18 Å². The molecule has 0 saturated heterocycles. The van der Waals surface area contributed by atoms with Gasteiger partial charge in [-0.3, -0.25) is 4.55 Å². The highest BCUT2D eigenvalue weighted by molar-refractivity contribution is 7.81. The molecule has 0 aromatic heterocycles. The average Bonchev–Trinajstić information content (AvgIpc) is 1.82. The first-order valence-electron chi connectivity index (χ1n) is 2.90. The molecule has 1 N–H and O–H groups in total. The maximum Gasteiger partial charge on any atom is 0.446 e. The Balaban J connectivity index is 2.91. The summed E-state index contributed by atoms with van der Waals surface area (Å²) in [6.07, 6.45) is 0. The Morgan fingerprint density at radius 1 is 1.42 bits per heavy atom. The number of hydrogen-bond donors (Lipinski definition) is 1. The van der Waals surface area contributed by atoms with Gasteiger partial charge in [0.1, 0.15) is 11.6 Å². The molecule has 1 aromatic carbocycles. The minimum absolute atomic E-state index is 0.266. The first kappa shape index (κ1) is 8.95. The molecular formula is C6H5FO4S. The van der Waals surface area contributed by atoms with Gasteiger partial charge in [-0.15, -0.1) is 0 Å². The topological polar surface area (TPSA) is 63.6 Å². The van der Waals surface area contributed by atoms with Crippen molar-refractivity contribution in [1.82, 2.24) is 0 Å². The van der Waals surface area contributed by atoms with E-state index in [1.807, 2.05) is 0 Å². The summed E-state index contributed by atoms with van der Waals surface area (Å²) in [6.45, 7) is 0. The standard InChI is InChI=1S/C6H5FO4S/c7-5-2-1-3-6(4-5)11-12(8,9)10/h1-4H,(H,8,9,10).